The molecule has 1 saturated heterocycles. The SMILES string of the molecule is CCC(=Nc1cccc(CN2CCCCC2)c1)C(C(=O)O)C(=O)c1cc(F)c(F)c(Cl)c1F. The van der Waals surface area contributed by atoms with Crippen molar-refractivity contribution in [2.45, 2.75) is 39.2 Å². The molecule has 33 heavy (non-hydrogen) atoms. The predicted molar refractivity (Wildman–Crippen MR) is 120 cm³/mol. The molecule has 5 nitrogen and oxygen atoms in total. The number of carbonyl (C=O) groups is 2. The van der Waals surface area contributed by atoms with Gasteiger partial charge in [-0.3, -0.25) is 19.5 Å². The van der Waals surface area contributed by atoms with Gasteiger partial charge in [0.1, 0.15) is 5.02 Å². The first-order valence-corrected chi connectivity index (χ1v) is 11.1. The molecule has 0 saturated carbocycles. The Morgan fingerprint density at radius 1 is 1.12 bits per heavy atom. The smallest absolute Gasteiger partial charge is 0.320 e. The van der Waals surface area contributed by atoms with Gasteiger partial charge in [0, 0.05) is 12.3 Å². The maximum atomic E-state index is 14.4. The number of hydrogen-bond acceptors (Lipinski definition) is 4. The van der Waals surface area contributed by atoms with Gasteiger partial charge in [0.25, 0.3) is 0 Å². The number of piperidine rings is 1. The van der Waals surface area contributed by atoms with Crippen LogP contribution in [-0.2, 0) is 11.3 Å². The number of carbonyl (C=O) groups excluding carboxylic acids is 1. The molecular formula is C24H24ClF3N2O3. The molecule has 9 heteroatoms. The summed E-state index contributed by atoms with van der Waals surface area (Å²) in [6.45, 7) is 4.34. The summed E-state index contributed by atoms with van der Waals surface area (Å²) in [5.41, 5.74) is 0.462. The van der Waals surface area contributed by atoms with Gasteiger partial charge in [-0.1, -0.05) is 37.1 Å². The first kappa shape index (κ1) is 24.9. The van der Waals surface area contributed by atoms with Crippen LogP contribution in [0.4, 0.5) is 18.9 Å². The lowest BCUT2D eigenvalue weighted by molar-refractivity contribution is -0.138. The summed E-state index contributed by atoms with van der Waals surface area (Å²) in [5.74, 6) is -9.42. The van der Waals surface area contributed by atoms with Crippen LogP contribution < -0.4 is 0 Å². The molecule has 2 aromatic carbocycles. The van der Waals surface area contributed by atoms with Crippen LogP contribution in [0.25, 0.3) is 0 Å². The lowest BCUT2D eigenvalue weighted by Crippen LogP contribution is -2.32. The monoisotopic (exact) mass is 480 g/mol. The van der Waals surface area contributed by atoms with Gasteiger partial charge in [-0.25, -0.2) is 13.2 Å². The van der Waals surface area contributed by atoms with Gasteiger partial charge >= 0.3 is 5.97 Å². The number of nitrogens with zero attached hydrogens (tertiary/aromatic N) is 2. The van der Waals surface area contributed by atoms with Gasteiger partial charge in [0.2, 0.25) is 0 Å². The van der Waals surface area contributed by atoms with Crippen molar-refractivity contribution in [2.75, 3.05) is 13.1 Å². The molecule has 0 aliphatic carbocycles. The Balaban J connectivity index is 1.93. The molecule has 2 aromatic rings. The van der Waals surface area contributed by atoms with Crippen LogP contribution in [0.15, 0.2) is 35.3 Å². The van der Waals surface area contributed by atoms with Crippen molar-refractivity contribution in [1.82, 2.24) is 4.90 Å². The van der Waals surface area contributed by atoms with E-state index in [1.54, 1.807) is 19.1 Å². The van der Waals surface area contributed by atoms with E-state index in [9.17, 15) is 27.9 Å². The zero-order chi connectivity index (χ0) is 24.1. The molecule has 1 atom stereocenters. The number of rotatable bonds is 8. The molecule has 1 aliphatic rings. The number of Topliss-reactive ketones (excluding diaryl/α,β-unsaturated/α-hetero) is 1. The van der Waals surface area contributed by atoms with Crippen LogP contribution >= 0.6 is 11.6 Å². The van der Waals surface area contributed by atoms with Gasteiger partial charge < -0.3 is 5.11 Å². The average molecular weight is 481 g/mol. The van der Waals surface area contributed by atoms with E-state index < -0.39 is 45.7 Å². The Hall–Kier alpha value is -2.71. The molecule has 176 valence electrons. The number of aliphatic carboxylic acids is 1. The highest BCUT2D eigenvalue weighted by Crippen LogP contribution is 2.28. The van der Waals surface area contributed by atoms with Crippen LogP contribution in [0, 0.1) is 23.4 Å². The van der Waals surface area contributed by atoms with Crippen molar-refractivity contribution in [2.24, 2.45) is 10.9 Å². The van der Waals surface area contributed by atoms with Crippen LogP contribution in [-0.4, -0.2) is 40.6 Å². The van der Waals surface area contributed by atoms with Crippen molar-refractivity contribution in [3.8, 4) is 0 Å². The molecule has 0 aromatic heterocycles. The van der Waals surface area contributed by atoms with E-state index in [1.165, 1.54) is 6.42 Å². The molecule has 1 N–H and O–H groups in total. The van der Waals surface area contributed by atoms with E-state index in [0.29, 0.717) is 11.8 Å². The third-order valence-corrected chi connectivity index (χ3v) is 5.94. The first-order valence-electron chi connectivity index (χ1n) is 10.7. The zero-order valence-corrected chi connectivity index (χ0v) is 18.8. The fourth-order valence-corrected chi connectivity index (χ4v) is 4.12. The Labute approximate surface area is 194 Å². The van der Waals surface area contributed by atoms with Crippen molar-refractivity contribution < 1.29 is 27.9 Å². The number of halogens is 4. The third-order valence-electron chi connectivity index (χ3n) is 5.61. The highest BCUT2D eigenvalue weighted by atomic mass is 35.5. The Bertz CT molecular complexity index is 1080. The molecular weight excluding hydrogens is 457 g/mol. The normalized spacial score (nSPS) is 16.0. The largest absolute Gasteiger partial charge is 0.480 e. The Kier molecular flexibility index (Phi) is 8.26. The van der Waals surface area contributed by atoms with Crippen LogP contribution in [0.3, 0.4) is 0 Å². The fraction of sp³-hybridized carbons (Fsp3) is 0.375. The first-order chi connectivity index (χ1) is 15.7. The van der Waals surface area contributed by atoms with Gasteiger partial charge in [-0.15, -0.1) is 0 Å². The summed E-state index contributed by atoms with van der Waals surface area (Å²) in [6.07, 6.45) is 3.57. The van der Waals surface area contributed by atoms with Crippen molar-refractivity contribution in [3.05, 3.63) is 63.9 Å². The molecule has 1 aliphatic heterocycles. The summed E-state index contributed by atoms with van der Waals surface area (Å²) >= 11 is 5.43. The number of likely N-dealkylation sites (tertiary alicyclic amines) is 1. The quantitative estimate of drug-likeness (QED) is 0.170. The Morgan fingerprint density at radius 3 is 2.45 bits per heavy atom. The topological polar surface area (TPSA) is 70.0 Å². The summed E-state index contributed by atoms with van der Waals surface area (Å²) in [5, 5.41) is 8.50. The molecule has 0 amide bonds. The fourth-order valence-electron chi connectivity index (χ4n) is 3.93. The number of benzene rings is 2. The lowest BCUT2D eigenvalue weighted by atomic mass is 9.91. The number of carboxylic acid groups (broad SMARTS) is 1. The van der Waals surface area contributed by atoms with E-state index in [4.69, 9.17) is 11.6 Å². The Morgan fingerprint density at radius 2 is 1.82 bits per heavy atom. The number of ketones is 1. The van der Waals surface area contributed by atoms with E-state index in [-0.39, 0.29) is 12.1 Å². The second-order valence-corrected chi connectivity index (χ2v) is 8.32. The average Bonchev–Trinajstić information content (AvgIpc) is 2.80. The zero-order valence-electron chi connectivity index (χ0n) is 18.1. The van der Waals surface area contributed by atoms with E-state index in [0.717, 1.165) is 38.0 Å². The van der Waals surface area contributed by atoms with Gasteiger partial charge in [0.15, 0.2) is 29.2 Å². The van der Waals surface area contributed by atoms with Crippen LogP contribution in [0.1, 0.15) is 48.5 Å². The minimum Gasteiger partial charge on any atom is -0.480 e. The standard InChI is InChI=1S/C24H24ClF3N2O3/c1-2-18(29-15-8-6-7-14(11-15)13-30-9-4-3-5-10-30)19(24(32)33)23(31)16-12-17(26)22(28)20(25)21(16)27/h6-8,11-12,19H,2-5,9-10,13H2,1H3,(H,32,33). The van der Waals surface area contributed by atoms with Gasteiger partial charge in [-0.2, -0.15) is 0 Å². The molecule has 0 spiro atoms. The molecule has 1 heterocycles. The minimum atomic E-state index is -1.88. The van der Waals surface area contributed by atoms with Gasteiger partial charge in [-0.05, 0) is 56.1 Å². The number of hydrogen-bond donors (Lipinski definition) is 1. The molecule has 0 radical (unpaired) electrons. The second kappa shape index (κ2) is 10.9. The molecule has 3 rings (SSSR count). The molecule has 0 bridgehead atoms. The summed E-state index contributed by atoms with van der Waals surface area (Å²) in [4.78, 5) is 31.5. The summed E-state index contributed by atoms with van der Waals surface area (Å²) in [7, 11) is 0. The summed E-state index contributed by atoms with van der Waals surface area (Å²) < 4.78 is 41.7. The highest BCUT2D eigenvalue weighted by molar-refractivity contribution is 6.32. The van der Waals surface area contributed by atoms with E-state index >= 15 is 0 Å². The summed E-state index contributed by atoms with van der Waals surface area (Å²) in [6, 6.07) is 7.54. The second-order valence-electron chi connectivity index (χ2n) is 7.95. The maximum absolute atomic E-state index is 14.4. The lowest BCUT2D eigenvalue weighted by Gasteiger charge is -2.26. The van der Waals surface area contributed by atoms with Crippen LogP contribution in [0.5, 0.6) is 0 Å². The van der Waals surface area contributed by atoms with Crippen molar-refractivity contribution in [1.29, 1.82) is 0 Å². The highest BCUT2D eigenvalue weighted by Gasteiger charge is 2.35. The number of aliphatic imine (C=N–C) groups is 1. The minimum absolute atomic E-state index is 0.0390. The van der Waals surface area contributed by atoms with E-state index in [1.807, 2.05) is 12.1 Å². The third kappa shape index (κ3) is 5.81. The van der Waals surface area contributed by atoms with Crippen molar-refractivity contribution >= 4 is 34.8 Å². The maximum Gasteiger partial charge on any atom is 0.320 e. The molecule has 1 fully saturated rings. The van der Waals surface area contributed by atoms with Crippen LogP contribution in [0.2, 0.25) is 5.02 Å². The van der Waals surface area contributed by atoms with Gasteiger partial charge in [0.05, 0.1) is 11.3 Å². The van der Waals surface area contributed by atoms with Crippen molar-refractivity contribution in [3.63, 3.8) is 0 Å². The predicted octanol–water partition coefficient (Wildman–Crippen LogP) is 5.81. The van der Waals surface area contributed by atoms with E-state index in [2.05, 4.69) is 9.89 Å². The molecule has 1 unspecified atom stereocenters. The number of carboxylic acids is 1.